The average molecular weight is 300 g/mol. The first kappa shape index (κ1) is 15.3. The topological polar surface area (TPSA) is 56.3 Å². The average Bonchev–Trinajstić information content (AvgIpc) is 2.91. The molecule has 2 heterocycles. The number of H-pyrrole nitrogens is 1. The van der Waals surface area contributed by atoms with Gasteiger partial charge in [-0.1, -0.05) is 19.1 Å². The van der Waals surface area contributed by atoms with Gasteiger partial charge in [-0.15, -0.1) is 0 Å². The first-order valence-electron chi connectivity index (χ1n) is 8.06. The van der Waals surface area contributed by atoms with Crippen LogP contribution in [0.5, 0.6) is 0 Å². The van der Waals surface area contributed by atoms with Crippen molar-refractivity contribution >= 4 is 10.9 Å². The maximum Gasteiger partial charge on any atom is 0.252 e. The Hall–Kier alpha value is -1.65. The number of fused-ring (bicyclic) bond motifs is 1. The van der Waals surface area contributed by atoms with Gasteiger partial charge in [0.25, 0.3) is 5.56 Å². The number of hydrogen-bond donors (Lipinski definition) is 2. The van der Waals surface area contributed by atoms with Crippen molar-refractivity contribution < 1.29 is 5.11 Å². The van der Waals surface area contributed by atoms with Crippen molar-refractivity contribution in [1.82, 2.24) is 9.88 Å². The van der Waals surface area contributed by atoms with E-state index in [1.165, 1.54) is 0 Å². The van der Waals surface area contributed by atoms with E-state index in [9.17, 15) is 9.90 Å². The van der Waals surface area contributed by atoms with Gasteiger partial charge in [-0.3, -0.25) is 9.69 Å². The molecule has 0 unspecified atom stereocenters. The molecule has 4 heteroatoms. The van der Waals surface area contributed by atoms with Gasteiger partial charge in [0, 0.05) is 23.2 Å². The van der Waals surface area contributed by atoms with Crippen molar-refractivity contribution in [2.24, 2.45) is 0 Å². The highest BCUT2D eigenvalue weighted by molar-refractivity contribution is 5.79. The molecule has 0 aliphatic carbocycles. The molecule has 118 valence electrons. The van der Waals surface area contributed by atoms with Crippen molar-refractivity contribution in [3.63, 3.8) is 0 Å². The molecule has 22 heavy (non-hydrogen) atoms. The number of likely N-dealkylation sites (tertiary alicyclic amines) is 1. The number of hydrogen-bond acceptors (Lipinski definition) is 3. The van der Waals surface area contributed by atoms with Crippen LogP contribution in [-0.4, -0.2) is 33.7 Å². The number of nitrogens with one attached hydrogen (secondary N) is 1. The first-order chi connectivity index (χ1) is 10.6. The first-order valence-corrected chi connectivity index (χ1v) is 8.06. The van der Waals surface area contributed by atoms with E-state index in [-0.39, 0.29) is 17.7 Å². The number of nitrogens with zero attached hydrogens (tertiary/aromatic N) is 1. The van der Waals surface area contributed by atoms with Crippen LogP contribution < -0.4 is 5.56 Å². The lowest BCUT2D eigenvalue weighted by molar-refractivity contribution is 0.0546. The number of aryl methyl sites for hydroxylation is 1. The fourth-order valence-electron chi connectivity index (χ4n) is 3.62. The highest BCUT2D eigenvalue weighted by Crippen LogP contribution is 2.33. The zero-order valence-corrected chi connectivity index (χ0v) is 13.4. The van der Waals surface area contributed by atoms with E-state index in [0.717, 1.165) is 47.8 Å². The highest BCUT2D eigenvalue weighted by Gasteiger charge is 2.38. The largest absolute Gasteiger partial charge is 0.394 e. The molecule has 1 aliphatic heterocycles. The second-order valence-electron chi connectivity index (χ2n) is 6.48. The van der Waals surface area contributed by atoms with E-state index in [1.807, 2.05) is 25.1 Å². The summed E-state index contributed by atoms with van der Waals surface area (Å²) in [5, 5.41) is 10.9. The monoisotopic (exact) mass is 300 g/mol. The zero-order chi connectivity index (χ0) is 15.7. The van der Waals surface area contributed by atoms with Gasteiger partial charge in [-0.2, -0.15) is 0 Å². The summed E-state index contributed by atoms with van der Waals surface area (Å²) in [6.07, 6.45) is 3.00. The molecule has 1 aromatic heterocycles. The molecule has 1 aliphatic rings. The SMILES string of the molecule is CC[C@]1(CO)CCCN1Cc1cc2ccc(C)cc2[nH]c1=O. The van der Waals surface area contributed by atoms with Crippen LogP contribution in [0.25, 0.3) is 10.9 Å². The molecule has 0 spiro atoms. The molecule has 2 aromatic rings. The number of benzene rings is 1. The minimum Gasteiger partial charge on any atom is -0.394 e. The Kier molecular flexibility index (Phi) is 4.06. The fraction of sp³-hybridized carbons (Fsp3) is 0.500. The van der Waals surface area contributed by atoms with Gasteiger partial charge < -0.3 is 10.1 Å². The molecule has 0 bridgehead atoms. The fourth-order valence-corrected chi connectivity index (χ4v) is 3.62. The van der Waals surface area contributed by atoms with Crippen molar-refractivity contribution in [2.75, 3.05) is 13.2 Å². The maximum atomic E-state index is 12.4. The Labute approximate surface area is 130 Å². The summed E-state index contributed by atoms with van der Waals surface area (Å²) in [4.78, 5) is 17.6. The quantitative estimate of drug-likeness (QED) is 0.912. The van der Waals surface area contributed by atoms with Crippen LogP contribution in [0, 0.1) is 6.92 Å². The van der Waals surface area contributed by atoms with Crippen molar-refractivity contribution in [2.45, 2.75) is 45.2 Å². The molecular weight excluding hydrogens is 276 g/mol. The minimum absolute atomic E-state index is 0.0204. The van der Waals surface area contributed by atoms with Gasteiger partial charge in [0.15, 0.2) is 0 Å². The highest BCUT2D eigenvalue weighted by atomic mass is 16.3. The minimum atomic E-state index is -0.158. The van der Waals surface area contributed by atoms with Crippen LogP contribution in [0.1, 0.15) is 37.3 Å². The molecular formula is C18H24N2O2. The Balaban J connectivity index is 1.95. The van der Waals surface area contributed by atoms with Crippen molar-refractivity contribution in [1.29, 1.82) is 0 Å². The summed E-state index contributed by atoms with van der Waals surface area (Å²) in [5.74, 6) is 0. The summed E-state index contributed by atoms with van der Waals surface area (Å²) in [6.45, 7) is 5.84. The van der Waals surface area contributed by atoms with Gasteiger partial charge in [0.05, 0.1) is 6.61 Å². The number of pyridine rings is 1. The van der Waals surface area contributed by atoms with Gasteiger partial charge in [-0.05, 0) is 55.8 Å². The van der Waals surface area contributed by atoms with E-state index in [0.29, 0.717) is 6.54 Å². The molecule has 2 N–H and O–H groups in total. The number of aliphatic hydroxyl groups excluding tert-OH is 1. The summed E-state index contributed by atoms with van der Waals surface area (Å²) in [6, 6.07) is 8.10. The van der Waals surface area contributed by atoms with E-state index in [4.69, 9.17) is 0 Å². The molecule has 4 nitrogen and oxygen atoms in total. The smallest absolute Gasteiger partial charge is 0.252 e. The van der Waals surface area contributed by atoms with Crippen LogP contribution in [0.4, 0.5) is 0 Å². The normalized spacial score (nSPS) is 22.5. The Morgan fingerprint density at radius 2 is 2.18 bits per heavy atom. The second kappa shape index (κ2) is 5.86. The molecule has 1 aromatic carbocycles. The van der Waals surface area contributed by atoms with Gasteiger partial charge >= 0.3 is 0 Å². The Morgan fingerprint density at radius 3 is 2.91 bits per heavy atom. The van der Waals surface area contributed by atoms with Crippen LogP contribution >= 0.6 is 0 Å². The van der Waals surface area contributed by atoms with Crippen LogP contribution in [-0.2, 0) is 6.54 Å². The van der Waals surface area contributed by atoms with E-state index < -0.39 is 0 Å². The summed E-state index contributed by atoms with van der Waals surface area (Å²) in [5.41, 5.74) is 2.63. The lowest BCUT2D eigenvalue weighted by Crippen LogP contribution is -2.46. The van der Waals surface area contributed by atoms with Crippen molar-refractivity contribution in [3.8, 4) is 0 Å². The van der Waals surface area contributed by atoms with Crippen molar-refractivity contribution in [3.05, 3.63) is 45.7 Å². The summed E-state index contributed by atoms with van der Waals surface area (Å²) >= 11 is 0. The standard InChI is InChI=1S/C18H24N2O2/c1-3-18(12-21)7-4-8-20(18)11-15-10-14-6-5-13(2)9-16(14)19-17(15)22/h5-6,9-10,21H,3-4,7-8,11-12H2,1-2H3,(H,19,22)/t18-/m1/s1. The number of rotatable bonds is 4. The number of aromatic nitrogens is 1. The second-order valence-corrected chi connectivity index (χ2v) is 6.48. The molecule has 0 amide bonds. The summed E-state index contributed by atoms with van der Waals surface area (Å²) in [7, 11) is 0. The van der Waals surface area contributed by atoms with E-state index in [1.54, 1.807) is 0 Å². The number of aromatic amines is 1. The van der Waals surface area contributed by atoms with Crippen LogP contribution in [0.15, 0.2) is 29.1 Å². The third-order valence-electron chi connectivity index (χ3n) is 5.13. The molecule has 1 fully saturated rings. The van der Waals surface area contributed by atoms with Gasteiger partial charge in [0.1, 0.15) is 0 Å². The molecule has 1 atom stereocenters. The molecule has 1 saturated heterocycles. The maximum absolute atomic E-state index is 12.4. The Bertz CT molecular complexity index is 731. The Morgan fingerprint density at radius 1 is 1.36 bits per heavy atom. The van der Waals surface area contributed by atoms with E-state index in [2.05, 4.69) is 22.9 Å². The molecule has 3 rings (SSSR count). The third kappa shape index (κ3) is 2.57. The van der Waals surface area contributed by atoms with Crippen LogP contribution in [0.2, 0.25) is 0 Å². The van der Waals surface area contributed by atoms with Crippen LogP contribution in [0.3, 0.4) is 0 Å². The zero-order valence-electron chi connectivity index (χ0n) is 13.4. The predicted molar refractivity (Wildman–Crippen MR) is 89.1 cm³/mol. The lowest BCUT2D eigenvalue weighted by Gasteiger charge is -2.36. The predicted octanol–water partition coefficient (Wildman–Crippen LogP) is 2.57. The lowest BCUT2D eigenvalue weighted by atomic mass is 9.93. The third-order valence-corrected chi connectivity index (χ3v) is 5.13. The number of aliphatic hydroxyl groups is 1. The summed E-state index contributed by atoms with van der Waals surface area (Å²) < 4.78 is 0. The van der Waals surface area contributed by atoms with Gasteiger partial charge in [0.2, 0.25) is 0 Å². The van der Waals surface area contributed by atoms with Gasteiger partial charge in [-0.25, -0.2) is 0 Å². The van der Waals surface area contributed by atoms with E-state index >= 15 is 0 Å². The molecule has 0 radical (unpaired) electrons. The molecule has 0 saturated carbocycles.